The first-order valence-electron chi connectivity index (χ1n) is 11.0. The van der Waals surface area contributed by atoms with Gasteiger partial charge in [-0.05, 0) is 96.5 Å². The summed E-state index contributed by atoms with van der Waals surface area (Å²) in [6.07, 6.45) is 2.67. The molecule has 0 amide bonds. The van der Waals surface area contributed by atoms with Gasteiger partial charge in [-0.25, -0.2) is 0 Å². The lowest BCUT2D eigenvalue weighted by Crippen LogP contribution is -1.94. The molecule has 0 aromatic heterocycles. The minimum absolute atomic E-state index is 0.125. The van der Waals surface area contributed by atoms with Crippen LogP contribution in [0.4, 0.5) is 0 Å². The van der Waals surface area contributed by atoms with E-state index in [0.717, 1.165) is 23.1 Å². The molecule has 6 heteroatoms. The molecule has 0 saturated carbocycles. The fourth-order valence-electron chi connectivity index (χ4n) is 3.80. The number of ether oxygens (including phenoxy) is 1. The molecule has 4 aromatic carbocycles. The van der Waals surface area contributed by atoms with E-state index < -0.39 is 5.75 Å². The lowest BCUT2D eigenvalue weighted by atomic mass is 10.0. The zero-order chi connectivity index (χ0) is 24.1. The molecule has 0 fully saturated rings. The van der Waals surface area contributed by atoms with Crippen LogP contribution in [0.2, 0.25) is 0 Å². The average Bonchev–Trinajstić information content (AvgIpc) is 2.80. The van der Waals surface area contributed by atoms with Crippen LogP contribution >= 0.6 is 0 Å². The molecule has 174 valence electrons. The van der Waals surface area contributed by atoms with Gasteiger partial charge in [0.15, 0.2) is 17.2 Å². The fourth-order valence-corrected chi connectivity index (χ4v) is 3.80. The predicted octanol–water partition coefficient (Wildman–Crippen LogP) is 5.58. The van der Waals surface area contributed by atoms with Crippen molar-refractivity contribution in [3.63, 3.8) is 0 Å². The molecule has 0 bridgehead atoms. The van der Waals surface area contributed by atoms with Crippen LogP contribution in [0, 0.1) is 0 Å². The van der Waals surface area contributed by atoms with Crippen molar-refractivity contribution >= 4 is 0 Å². The Hall–Kier alpha value is -4.32. The van der Waals surface area contributed by atoms with Gasteiger partial charge in [0.2, 0.25) is 0 Å². The highest BCUT2D eigenvalue weighted by molar-refractivity contribution is 5.51. The Bertz CT molecular complexity index is 1260. The molecule has 5 N–H and O–H groups in total. The van der Waals surface area contributed by atoms with Crippen LogP contribution in [0.1, 0.15) is 22.3 Å². The van der Waals surface area contributed by atoms with E-state index in [-0.39, 0.29) is 23.0 Å². The Morgan fingerprint density at radius 3 is 1.74 bits per heavy atom. The summed E-state index contributed by atoms with van der Waals surface area (Å²) in [5, 5.41) is 48.5. The van der Waals surface area contributed by atoms with Crippen LogP contribution in [-0.4, -0.2) is 25.5 Å². The summed E-state index contributed by atoms with van der Waals surface area (Å²) >= 11 is 0. The molecule has 0 spiro atoms. The maximum atomic E-state index is 10.1. The molecule has 4 aromatic rings. The Morgan fingerprint density at radius 2 is 1.06 bits per heavy atom. The second-order valence-electron chi connectivity index (χ2n) is 8.23. The second-order valence-corrected chi connectivity index (χ2v) is 8.23. The summed E-state index contributed by atoms with van der Waals surface area (Å²) in [5.74, 6) is 0.333. The van der Waals surface area contributed by atoms with Crippen molar-refractivity contribution in [1.29, 1.82) is 0 Å². The van der Waals surface area contributed by atoms with Gasteiger partial charge in [0, 0.05) is 6.07 Å². The first-order chi connectivity index (χ1) is 16.4. The van der Waals surface area contributed by atoms with Gasteiger partial charge >= 0.3 is 0 Å². The molecule has 0 heterocycles. The first-order valence-corrected chi connectivity index (χ1v) is 11.0. The molecule has 0 aliphatic carbocycles. The van der Waals surface area contributed by atoms with E-state index in [1.807, 2.05) is 42.5 Å². The normalized spacial score (nSPS) is 10.8. The van der Waals surface area contributed by atoms with Crippen molar-refractivity contribution in [1.82, 2.24) is 0 Å². The van der Waals surface area contributed by atoms with Gasteiger partial charge in [-0.1, -0.05) is 24.3 Å². The molecule has 34 heavy (non-hydrogen) atoms. The molecule has 0 radical (unpaired) electrons. The van der Waals surface area contributed by atoms with Gasteiger partial charge < -0.3 is 30.3 Å². The summed E-state index contributed by atoms with van der Waals surface area (Å²) in [4.78, 5) is 0. The van der Waals surface area contributed by atoms with E-state index in [2.05, 4.69) is 0 Å². The average molecular weight is 459 g/mol. The fraction of sp³-hybridized carbons (Fsp3) is 0.143. The monoisotopic (exact) mass is 458 g/mol. The van der Waals surface area contributed by atoms with E-state index in [1.165, 1.54) is 12.1 Å². The molecular formula is C28H26O6. The first kappa shape index (κ1) is 22.9. The van der Waals surface area contributed by atoms with Crippen molar-refractivity contribution in [3.8, 4) is 40.2 Å². The molecule has 6 nitrogen and oxygen atoms in total. The molecule has 4 rings (SSSR count). The molecule has 0 unspecified atom stereocenters. The molecular weight excluding hydrogens is 432 g/mol. The van der Waals surface area contributed by atoms with Crippen LogP contribution in [0.5, 0.6) is 40.2 Å². The standard InChI is InChI=1S/C28H26O6/c29-22-3-1-2-19(12-22)5-7-20-13-23(30)17-25(14-20)34-24-10-8-18(9-11-24)4-6-21-15-26(31)28(33)27(32)16-21/h1-3,8-17,29-33H,4-7H2. The Morgan fingerprint density at radius 1 is 0.471 bits per heavy atom. The van der Waals surface area contributed by atoms with Crippen LogP contribution in [-0.2, 0) is 25.7 Å². The molecule has 0 aliphatic rings. The molecule has 0 saturated heterocycles. The number of hydrogen-bond donors (Lipinski definition) is 5. The SMILES string of the molecule is Oc1cccc(CCc2cc(O)cc(Oc3ccc(CCc4cc(O)c(O)c(O)c4)cc3)c2)c1. The minimum atomic E-state index is -0.514. The third kappa shape index (κ3) is 5.92. The second kappa shape index (κ2) is 10.1. The van der Waals surface area contributed by atoms with Gasteiger partial charge in [-0.3, -0.25) is 0 Å². The molecule has 0 atom stereocenters. The van der Waals surface area contributed by atoms with E-state index in [9.17, 15) is 25.5 Å². The van der Waals surface area contributed by atoms with Crippen molar-refractivity contribution in [2.45, 2.75) is 25.7 Å². The summed E-state index contributed by atoms with van der Waals surface area (Å²) in [6, 6.07) is 22.7. The van der Waals surface area contributed by atoms with Gasteiger partial charge in [0.25, 0.3) is 0 Å². The van der Waals surface area contributed by atoms with Gasteiger partial charge in [0.05, 0.1) is 0 Å². The summed E-state index contributed by atoms with van der Waals surface area (Å²) in [6.45, 7) is 0. The third-order valence-electron chi connectivity index (χ3n) is 5.55. The van der Waals surface area contributed by atoms with Crippen LogP contribution in [0.3, 0.4) is 0 Å². The third-order valence-corrected chi connectivity index (χ3v) is 5.55. The Kier molecular flexibility index (Phi) is 6.78. The largest absolute Gasteiger partial charge is 0.508 e. The highest BCUT2D eigenvalue weighted by atomic mass is 16.5. The summed E-state index contributed by atoms with van der Waals surface area (Å²) in [7, 11) is 0. The van der Waals surface area contributed by atoms with Crippen molar-refractivity contribution in [2.24, 2.45) is 0 Å². The number of phenolic OH excluding ortho intramolecular Hbond substituents is 5. The lowest BCUT2D eigenvalue weighted by Gasteiger charge is -2.10. The maximum Gasteiger partial charge on any atom is 0.200 e. The number of hydrogen-bond acceptors (Lipinski definition) is 6. The maximum absolute atomic E-state index is 10.1. The van der Waals surface area contributed by atoms with E-state index in [0.29, 0.717) is 36.3 Å². The summed E-state index contributed by atoms with van der Waals surface area (Å²) < 4.78 is 5.94. The molecule has 0 aliphatic heterocycles. The van der Waals surface area contributed by atoms with E-state index in [1.54, 1.807) is 24.3 Å². The number of phenols is 5. The smallest absolute Gasteiger partial charge is 0.200 e. The van der Waals surface area contributed by atoms with Gasteiger partial charge in [-0.2, -0.15) is 0 Å². The van der Waals surface area contributed by atoms with Crippen molar-refractivity contribution in [3.05, 3.63) is 101 Å². The Balaban J connectivity index is 1.37. The van der Waals surface area contributed by atoms with E-state index in [4.69, 9.17) is 4.74 Å². The summed E-state index contributed by atoms with van der Waals surface area (Å²) in [5.41, 5.74) is 3.70. The quantitative estimate of drug-likeness (QED) is 0.221. The number of rotatable bonds is 8. The number of aryl methyl sites for hydroxylation is 4. The zero-order valence-corrected chi connectivity index (χ0v) is 18.5. The van der Waals surface area contributed by atoms with Crippen LogP contribution in [0.15, 0.2) is 78.9 Å². The highest BCUT2D eigenvalue weighted by Crippen LogP contribution is 2.35. The van der Waals surface area contributed by atoms with E-state index >= 15 is 0 Å². The van der Waals surface area contributed by atoms with Crippen molar-refractivity contribution in [2.75, 3.05) is 0 Å². The zero-order valence-electron chi connectivity index (χ0n) is 18.5. The minimum Gasteiger partial charge on any atom is -0.508 e. The predicted molar refractivity (Wildman–Crippen MR) is 129 cm³/mol. The Labute approximate surface area is 197 Å². The van der Waals surface area contributed by atoms with Crippen molar-refractivity contribution < 1.29 is 30.3 Å². The van der Waals surface area contributed by atoms with Crippen LogP contribution in [0.25, 0.3) is 0 Å². The van der Waals surface area contributed by atoms with Gasteiger partial charge in [0.1, 0.15) is 23.0 Å². The van der Waals surface area contributed by atoms with Gasteiger partial charge in [-0.15, -0.1) is 0 Å². The number of aromatic hydroxyl groups is 5. The lowest BCUT2D eigenvalue weighted by molar-refractivity contribution is 0.367. The topological polar surface area (TPSA) is 110 Å². The van der Waals surface area contributed by atoms with Crippen LogP contribution < -0.4 is 4.74 Å². The highest BCUT2D eigenvalue weighted by Gasteiger charge is 2.09. The number of benzene rings is 4.